The zero-order chi connectivity index (χ0) is 15.8. The molecular weight excluding hydrogens is 291 g/mol. The number of hydrogen-bond acceptors (Lipinski definition) is 3. The Morgan fingerprint density at radius 1 is 1.14 bits per heavy atom. The molecule has 1 aromatic carbocycles. The van der Waals surface area contributed by atoms with E-state index in [1.807, 2.05) is 20.8 Å². The molecule has 0 unspecified atom stereocenters. The van der Waals surface area contributed by atoms with Crippen LogP contribution in [0.3, 0.4) is 0 Å². The molecule has 3 nitrogen and oxygen atoms in total. The van der Waals surface area contributed by atoms with Gasteiger partial charge < -0.3 is 4.74 Å². The summed E-state index contributed by atoms with van der Waals surface area (Å²) in [6.45, 7) is 9.47. The number of aryl methyl sites for hydroxylation is 1. The Balaban J connectivity index is 2.43. The molecule has 0 saturated carbocycles. The molecule has 1 aromatic heterocycles. The summed E-state index contributed by atoms with van der Waals surface area (Å²) >= 11 is 6.16. The number of aromatic nitrogens is 2. The molecule has 0 spiro atoms. The van der Waals surface area contributed by atoms with Gasteiger partial charge in [0.1, 0.15) is 22.5 Å². The lowest BCUT2D eigenvalue weighted by atomic mass is 9.96. The normalized spacial score (nSPS) is 11.6. The smallest absolute Gasteiger partial charge is 0.227 e. The molecule has 0 bridgehead atoms. The third kappa shape index (κ3) is 3.50. The van der Waals surface area contributed by atoms with Gasteiger partial charge in [-0.05, 0) is 37.6 Å². The van der Waals surface area contributed by atoms with Gasteiger partial charge >= 0.3 is 0 Å². The Labute approximate surface area is 129 Å². The second-order valence-corrected chi connectivity index (χ2v) is 6.39. The SMILES string of the molecule is Cc1cc(Oc2nc(C(C)(C)C)nc(Cl)c2C)ccc1F. The molecule has 5 heteroatoms. The van der Waals surface area contributed by atoms with Crippen molar-refractivity contribution in [3.05, 3.63) is 46.1 Å². The van der Waals surface area contributed by atoms with Crippen LogP contribution in [0.2, 0.25) is 5.15 Å². The monoisotopic (exact) mass is 308 g/mol. The summed E-state index contributed by atoms with van der Waals surface area (Å²) < 4.78 is 19.1. The van der Waals surface area contributed by atoms with Crippen LogP contribution in [0.5, 0.6) is 11.6 Å². The van der Waals surface area contributed by atoms with Crippen LogP contribution in [-0.4, -0.2) is 9.97 Å². The molecule has 0 saturated heterocycles. The van der Waals surface area contributed by atoms with E-state index in [1.165, 1.54) is 6.07 Å². The zero-order valence-electron chi connectivity index (χ0n) is 12.8. The quantitative estimate of drug-likeness (QED) is 0.734. The van der Waals surface area contributed by atoms with E-state index in [0.29, 0.717) is 33.7 Å². The van der Waals surface area contributed by atoms with Crippen molar-refractivity contribution in [2.24, 2.45) is 0 Å². The van der Waals surface area contributed by atoms with Crippen LogP contribution in [0.1, 0.15) is 37.7 Å². The van der Waals surface area contributed by atoms with Gasteiger partial charge in [0.05, 0.1) is 0 Å². The van der Waals surface area contributed by atoms with Gasteiger partial charge in [-0.1, -0.05) is 32.4 Å². The van der Waals surface area contributed by atoms with Crippen molar-refractivity contribution >= 4 is 11.6 Å². The topological polar surface area (TPSA) is 35.0 Å². The number of halogens is 2. The summed E-state index contributed by atoms with van der Waals surface area (Å²) in [6, 6.07) is 4.56. The highest BCUT2D eigenvalue weighted by molar-refractivity contribution is 6.30. The number of nitrogens with zero attached hydrogens (tertiary/aromatic N) is 2. The molecule has 2 rings (SSSR count). The molecule has 0 atom stereocenters. The highest BCUT2D eigenvalue weighted by Crippen LogP contribution is 2.30. The molecule has 112 valence electrons. The fraction of sp³-hybridized carbons (Fsp3) is 0.375. The van der Waals surface area contributed by atoms with Gasteiger partial charge in [0, 0.05) is 11.0 Å². The first kappa shape index (κ1) is 15.7. The number of benzene rings is 1. The van der Waals surface area contributed by atoms with Crippen molar-refractivity contribution in [1.29, 1.82) is 0 Å². The summed E-state index contributed by atoms with van der Waals surface area (Å²) in [5.74, 6) is 1.25. The molecule has 0 radical (unpaired) electrons. The first-order valence-electron chi connectivity index (χ1n) is 6.67. The minimum Gasteiger partial charge on any atom is -0.439 e. The van der Waals surface area contributed by atoms with E-state index in [4.69, 9.17) is 16.3 Å². The van der Waals surface area contributed by atoms with Gasteiger partial charge in [-0.3, -0.25) is 0 Å². The Kier molecular flexibility index (Phi) is 4.19. The number of hydrogen-bond donors (Lipinski definition) is 0. The Hall–Kier alpha value is -1.68. The van der Waals surface area contributed by atoms with Gasteiger partial charge in [-0.15, -0.1) is 0 Å². The molecule has 2 aromatic rings. The summed E-state index contributed by atoms with van der Waals surface area (Å²) in [4.78, 5) is 8.73. The predicted octanol–water partition coefficient (Wildman–Crippen LogP) is 4.98. The lowest BCUT2D eigenvalue weighted by Gasteiger charge is -2.19. The maximum Gasteiger partial charge on any atom is 0.227 e. The fourth-order valence-corrected chi connectivity index (χ4v) is 1.86. The van der Waals surface area contributed by atoms with Gasteiger partial charge in [0.2, 0.25) is 5.88 Å². The maximum atomic E-state index is 13.3. The summed E-state index contributed by atoms with van der Waals surface area (Å²) in [5, 5.41) is 0.365. The van der Waals surface area contributed by atoms with Crippen LogP contribution < -0.4 is 4.74 Å². The molecule has 0 aliphatic carbocycles. The second kappa shape index (κ2) is 5.60. The third-order valence-corrected chi connectivity index (χ3v) is 3.42. The minimum absolute atomic E-state index is 0.242. The van der Waals surface area contributed by atoms with E-state index in [2.05, 4.69) is 9.97 Å². The molecule has 1 heterocycles. The van der Waals surface area contributed by atoms with Crippen molar-refractivity contribution in [1.82, 2.24) is 9.97 Å². The summed E-state index contributed by atoms with van der Waals surface area (Å²) in [7, 11) is 0. The Bertz CT molecular complexity index is 681. The average molecular weight is 309 g/mol. The number of rotatable bonds is 2. The maximum absolute atomic E-state index is 13.3. The molecular formula is C16H18ClFN2O. The Morgan fingerprint density at radius 2 is 1.81 bits per heavy atom. The van der Waals surface area contributed by atoms with E-state index >= 15 is 0 Å². The largest absolute Gasteiger partial charge is 0.439 e. The van der Waals surface area contributed by atoms with Crippen LogP contribution in [-0.2, 0) is 5.41 Å². The highest BCUT2D eigenvalue weighted by atomic mass is 35.5. The van der Waals surface area contributed by atoms with Gasteiger partial charge in [-0.2, -0.15) is 4.98 Å². The fourth-order valence-electron chi connectivity index (χ4n) is 1.70. The molecule has 0 aliphatic heterocycles. The van der Waals surface area contributed by atoms with Crippen LogP contribution in [0.15, 0.2) is 18.2 Å². The van der Waals surface area contributed by atoms with Gasteiger partial charge in [-0.25, -0.2) is 9.37 Å². The molecule has 0 fully saturated rings. The van der Waals surface area contributed by atoms with E-state index in [0.717, 1.165) is 0 Å². The minimum atomic E-state index is -0.268. The van der Waals surface area contributed by atoms with E-state index in [-0.39, 0.29) is 11.2 Å². The predicted molar refractivity (Wildman–Crippen MR) is 81.7 cm³/mol. The van der Waals surface area contributed by atoms with Crippen molar-refractivity contribution in [3.63, 3.8) is 0 Å². The van der Waals surface area contributed by atoms with Crippen LogP contribution in [0.25, 0.3) is 0 Å². The average Bonchev–Trinajstić information content (AvgIpc) is 2.38. The van der Waals surface area contributed by atoms with E-state index in [1.54, 1.807) is 26.0 Å². The third-order valence-electron chi connectivity index (χ3n) is 3.06. The highest BCUT2D eigenvalue weighted by Gasteiger charge is 2.21. The number of ether oxygens (including phenoxy) is 1. The summed E-state index contributed by atoms with van der Waals surface area (Å²) in [5.41, 5.74) is 0.932. The standard InChI is InChI=1S/C16H18ClFN2O/c1-9-8-11(6-7-12(9)18)21-14-10(2)13(17)19-15(20-14)16(3,4)5/h6-8H,1-5H3. The molecule has 0 N–H and O–H groups in total. The molecule has 0 amide bonds. The Morgan fingerprint density at radius 3 is 2.38 bits per heavy atom. The lowest BCUT2D eigenvalue weighted by Crippen LogP contribution is -2.17. The van der Waals surface area contributed by atoms with E-state index < -0.39 is 0 Å². The van der Waals surface area contributed by atoms with Crippen LogP contribution in [0, 0.1) is 19.7 Å². The van der Waals surface area contributed by atoms with Crippen molar-refractivity contribution in [3.8, 4) is 11.6 Å². The van der Waals surface area contributed by atoms with Gasteiger partial charge in [0.15, 0.2) is 0 Å². The van der Waals surface area contributed by atoms with Gasteiger partial charge in [0.25, 0.3) is 0 Å². The summed E-state index contributed by atoms with van der Waals surface area (Å²) in [6.07, 6.45) is 0. The first-order valence-corrected chi connectivity index (χ1v) is 7.05. The second-order valence-electron chi connectivity index (χ2n) is 6.03. The van der Waals surface area contributed by atoms with Crippen LogP contribution in [0.4, 0.5) is 4.39 Å². The van der Waals surface area contributed by atoms with E-state index in [9.17, 15) is 4.39 Å². The molecule has 0 aliphatic rings. The zero-order valence-corrected chi connectivity index (χ0v) is 13.5. The van der Waals surface area contributed by atoms with Crippen molar-refractivity contribution < 1.29 is 9.13 Å². The lowest BCUT2D eigenvalue weighted by molar-refractivity contribution is 0.440. The van der Waals surface area contributed by atoms with Crippen molar-refractivity contribution in [2.75, 3.05) is 0 Å². The first-order chi connectivity index (χ1) is 9.68. The molecule has 21 heavy (non-hydrogen) atoms. The van der Waals surface area contributed by atoms with Crippen LogP contribution >= 0.6 is 11.6 Å². The van der Waals surface area contributed by atoms with Crippen molar-refractivity contribution in [2.45, 2.75) is 40.0 Å².